The minimum atomic E-state index is 0.133. The highest BCUT2D eigenvalue weighted by Crippen LogP contribution is 2.17. The van der Waals surface area contributed by atoms with Gasteiger partial charge in [0.1, 0.15) is 0 Å². The van der Waals surface area contributed by atoms with E-state index >= 15 is 0 Å². The smallest absolute Gasteiger partial charge is 0.220 e. The quantitative estimate of drug-likeness (QED) is 0.729. The van der Waals surface area contributed by atoms with Gasteiger partial charge in [0.2, 0.25) is 5.91 Å². The van der Waals surface area contributed by atoms with E-state index in [-0.39, 0.29) is 11.3 Å². The molecule has 0 spiro atoms. The maximum absolute atomic E-state index is 11.1. The maximum Gasteiger partial charge on any atom is 0.220 e. The van der Waals surface area contributed by atoms with Gasteiger partial charge in [0.05, 0.1) is 0 Å². The second-order valence-corrected chi connectivity index (χ2v) is 4.53. The minimum absolute atomic E-state index is 0.133. The van der Waals surface area contributed by atoms with Crippen LogP contribution in [0.5, 0.6) is 0 Å². The molecule has 0 bridgehead atoms. The zero-order valence-corrected chi connectivity index (χ0v) is 9.70. The SMILES string of the molecule is CCC(C)(C)CNC(=O)CCBr. The van der Waals surface area contributed by atoms with Crippen molar-refractivity contribution < 1.29 is 4.79 Å². The molecule has 0 aromatic rings. The first kappa shape index (κ1) is 11.9. The number of amides is 1. The first-order valence-corrected chi connectivity index (χ1v) is 5.46. The standard InChI is InChI=1S/C9H18BrNO/c1-4-9(2,3)7-11-8(12)5-6-10/h4-7H2,1-3H3,(H,11,12). The fourth-order valence-electron chi connectivity index (χ4n) is 0.637. The van der Waals surface area contributed by atoms with Crippen LogP contribution in [-0.4, -0.2) is 17.8 Å². The molecule has 0 aliphatic rings. The number of halogens is 1. The van der Waals surface area contributed by atoms with E-state index in [2.05, 4.69) is 42.0 Å². The summed E-state index contributed by atoms with van der Waals surface area (Å²) in [7, 11) is 0. The van der Waals surface area contributed by atoms with Crippen LogP contribution in [0, 0.1) is 5.41 Å². The van der Waals surface area contributed by atoms with Crippen molar-refractivity contribution in [3.8, 4) is 0 Å². The number of alkyl halides is 1. The highest BCUT2D eigenvalue weighted by Gasteiger charge is 2.15. The van der Waals surface area contributed by atoms with E-state index in [1.54, 1.807) is 0 Å². The molecule has 0 rings (SSSR count). The highest BCUT2D eigenvalue weighted by atomic mass is 79.9. The van der Waals surface area contributed by atoms with Gasteiger partial charge in [0, 0.05) is 18.3 Å². The zero-order valence-electron chi connectivity index (χ0n) is 8.11. The van der Waals surface area contributed by atoms with Gasteiger partial charge in [0.15, 0.2) is 0 Å². The fraction of sp³-hybridized carbons (Fsp3) is 0.889. The third-order valence-corrected chi connectivity index (χ3v) is 2.44. The van der Waals surface area contributed by atoms with Gasteiger partial charge in [-0.3, -0.25) is 4.79 Å². The summed E-state index contributed by atoms with van der Waals surface area (Å²) in [6, 6.07) is 0. The lowest BCUT2D eigenvalue weighted by molar-refractivity contribution is -0.121. The van der Waals surface area contributed by atoms with E-state index in [0.717, 1.165) is 18.3 Å². The minimum Gasteiger partial charge on any atom is -0.356 e. The van der Waals surface area contributed by atoms with Crippen molar-refractivity contribution in [1.82, 2.24) is 5.32 Å². The topological polar surface area (TPSA) is 29.1 Å². The Kier molecular flexibility index (Phi) is 5.55. The van der Waals surface area contributed by atoms with Crippen molar-refractivity contribution in [1.29, 1.82) is 0 Å². The van der Waals surface area contributed by atoms with E-state index in [1.807, 2.05) is 0 Å². The van der Waals surface area contributed by atoms with E-state index in [1.165, 1.54) is 0 Å². The largest absolute Gasteiger partial charge is 0.356 e. The van der Waals surface area contributed by atoms with Crippen molar-refractivity contribution in [3.05, 3.63) is 0 Å². The summed E-state index contributed by atoms with van der Waals surface area (Å²) in [6.07, 6.45) is 1.65. The van der Waals surface area contributed by atoms with Crippen molar-refractivity contribution >= 4 is 21.8 Å². The van der Waals surface area contributed by atoms with Gasteiger partial charge in [-0.15, -0.1) is 0 Å². The first-order valence-electron chi connectivity index (χ1n) is 4.34. The summed E-state index contributed by atoms with van der Waals surface area (Å²) in [4.78, 5) is 11.1. The van der Waals surface area contributed by atoms with Crippen LogP contribution in [0.15, 0.2) is 0 Å². The molecule has 1 N–H and O–H groups in total. The molecule has 0 atom stereocenters. The molecule has 0 aliphatic carbocycles. The Morgan fingerprint density at radius 2 is 2.08 bits per heavy atom. The molecular formula is C9H18BrNO. The summed E-state index contributed by atoms with van der Waals surface area (Å²) in [5.74, 6) is 0.133. The van der Waals surface area contributed by atoms with E-state index in [0.29, 0.717) is 6.42 Å². The summed E-state index contributed by atoms with van der Waals surface area (Å²) >= 11 is 3.23. The van der Waals surface area contributed by atoms with Gasteiger partial charge in [-0.2, -0.15) is 0 Å². The molecule has 3 heteroatoms. The molecule has 0 aromatic heterocycles. The molecule has 0 fully saturated rings. The molecule has 0 aliphatic heterocycles. The monoisotopic (exact) mass is 235 g/mol. The third-order valence-electron chi connectivity index (χ3n) is 2.04. The molecule has 72 valence electrons. The van der Waals surface area contributed by atoms with Crippen LogP contribution in [0.4, 0.5) is 0 Å². The van der Waals surface area contributed by atoms with Crippen LogP contribution < -0.4 is 5.32 Å². The number of rotatable bonds is 5. The summed E-state index contributed by atoms with van der Waals surface area (Å²) in [5.41, 5.74) is 0.224. The van der Waals surface area contributed by atoms with Crippen LogP contribution in [0.3, 0.4) is 0 Å². The number of carbonyl (C=O) groups is 1. The Balaban J connectivity index is 3.60. The van der Waals surface area contributed by atoms with Crippen LogP contribution in [0.1, 0.15) is 33.6 Å². The van der Waals surface area contributed by atoms with Crippen LogP contribution >= 0.6 is 15.9 Å². The predicted molar refractivity (Wildman–Crippen MR) is 55.5 cm³/mol. The highest BCUT2D eigenvalue weighted by molar-refractivity contribution is 9.09. The molecule has 0 heterocycles. The Labute approximate surface area is 83.2 Å². The van der Waals surface area contributed by atoms with Gasteiger partial charge in [-0.05, 0) is 11.8 Å². The van der Waals surface area contributed by atoms with Crippen molar-refractivity contribution in [2.24, 2.45) is 5.41 Å². The van der Waals surface area contributed by atoms with Crippen molar-refractivity contribution in [2.45, 2.75) is 33.6 Å². The molecule has 0 aromatic carbocycles. The third kappa shape index (κ3) is 5.58. The lowest BCUT2D eigenvalue weighted by Crippen LogP contribution is -2.33. The van der Waals surface area contributed by atoms with E-state index < -0.39 is 0 Å². The maximum atomic E-state index is 11.1. The molecule has 0 saturated carbocycles. The fourth-order valence-corrected chi connectivity index (χ4v) is 0.997. The normalized spacial score (nSPS) is 11.3. The summed E-state index contributed by atoms with van der Waals surface area (Å²) < 4.78 is 0. The zero-order chi connectivity index (χ0) is 9.61. The van der Waals surface area contributed by atoms with Gasteiger partial charge in [-0.25, -0.2) is 0 Å². The van der Waals surface area contributed by atoms with Crippen LogP contribution in [0.25, 0.3) is 0 Å². The second-order valence-electron chi connectivity index (χ2n) is 3.73. The number of nitrogens with one attached hydrogen (secondary N) is 1. The summed E-state index contributed by atoms with van der Waals surface area (Å²) in [5, 5.41) is 3.65. The van der Waals surface area contributed by atoms with Crippen molar-refractivity contribution in [3.63, 3.8) is 0 Å². The van der Waals surface area contributed by atoms with E-state index in [4.69, 9.17) is 0 Å². The average molecular weight is 236 g/mol. The molecular weight excluding hydrogens is 218 g/mol. The Morgan fingerprint density at radius 1 is 1.50 bits per heavy atom. The number of hydrogen-bond donors (Lipinski definition) is 1. The Morgan fingerprint density at radius 3 is 2.50 bits per heavy atom. The number of hydrogen-bond acceptors (Lipinski definition) is 1. The summed E-state index contributed by atoms with van der Waals surface area (Å²) in [6.45, 7) is 7.22. The lowest BCUT2D eigenvalue weighted by Gasteiger charge is -2.22. The van der Waals surface area contributed by atoms with Crippen LogP contribution in [-0.2, 0) is 4.79 Å². The van der Waals surface area contributed by atoms with E-state index in [9.17, 15) is 4.79 Å². The van der Waals surface area contributed by atoms with Gasteiger partial charge in [0.25, 0.3) is 0 Å². The number of carbonyl (C=O) groups excluding carboxylic acids is 1. The Bertz CT molecular complexity index is 145. The van der Waals surface area contributed by atoms with Gasteiger partial charge in [-0.1, -0.05) is 36.7 Å². The van der Waals surface area contributed by atoms with Gasteiger partial charge < -0.3 is 5.32 Å². The average Bonchev–Trinajstić information content (AvgIpc) is 2.02. The lowest BCUT2D eigenvalue weighted by atomic mass is 9.90. The molecule has 2 nitrogen and oxygen atoms in total. The molecule has 0 unspecified atom stereocenters. The Hall–Kier alpha value is -0.0500. The second kappa shape index (κ2) is 5.57. The van der Waals surface area contributed by atoms with Crippen molar-refractivity contribution in [2.75, 3.05) is 11.9 Å². The van der Waals surface area contributed by atoms with Gasteiger partial charge >= 0.3 is 0 Å². The molecule has 1 amide bonds. The first-order chi connectivity index (χ1) is 5.52. The van der Waals surface area contributed by atoms with Crippen LogP contribution in [0.2, 0.25) is 0 Å². The molecule has 0 saturated heterocycles. The predicted octanol–water partition coefficient (Wildman–Crippen LogP) is 2.32. The molecule has 12 heavy (non-hydrogen) atoms. The molecule has 0 radical (unpaired) electrons.